The highest BCUT2D eigenvalue weighted by Gasteiger charge is 1.98. The van der Waals surface area contributed by atoms with Gasteiger partial charge in [-0.2, -0.15) is 0 Å². The first-order chi connectivity index (χ1) is 5.31. The Bertz CT molecular complexity index is 78.5. The van der Waals surface area contributed by atoms with Crippen LogP contribution in [0.15, 0.2) is 0 Å². The topological polar surface area (TPSA) is 41.5 Å². The van der Waals surface area contributed by atoms with Gasteiger partial charge in [-0.05, 0) is 26.8 Å². The van der Waals surface area contributed by atoms with Gasteiger partial charge in [0.25, 0.3) is 0 Å². The minimum Gasteiger partial charge on any atom is -0.396 e. The molecule has 0 aliphatic heterocycles. The summed E-state index contributed by atoms with van der Waals surface area (Å²) in [6.07, 6.45) is 2.07. The van der Waals surface area contributed by atoms with E-state index in [4.69, 9.17) is 9.84 Å². The second-order valence-electron chi connectivity index (χ2n) is 2.67. The number of nitrogens with one attached hydrogen (secondary N) is 1. The first-order valence-corrected chi connectivity index (χ1v) is 4.18. The van der Waals surface area contributed by atoms with Crippen molar-refractivity contribution in [2.75, 3.05) is 26.8 Å². The minimum absolute atomic E-state index is 0.268. The lowest BCUT2D eigenvalue weighted by atomic mass is 10.3. The average Bonchev–Trinajstić information content (AvgIpc) is 1.99. The predicted molar refractivity (Wildman–Crippen MR) is 45.7 cm³/mol. The van der Waals surface area contributed by atoms with Crippen LogP contribution in [0, 0.1) is 0 Å². The van der Waals surface area contributed by atoms with E-state index in [9.17, 15) is 0 Å². The van der Waals surface area contributed by atoms with Crippen LogP contribution in [-0.4, -0.2) is 38.0 Å². The molecule has 11 heavy (non-hydrogen) atoms. The average molecular weight is 161 g/mol. The second kappa shape index (κ2) is 7.98. The lowest BCUT2D eigenvalue weighted by Gasteiger charge is -2.11. The van der Waals surface area contributed by atoms with E-state index in [1.54, 1.807) is 0 Å². The highest BCUT2D eigenvalue weighted by atomic mass is 16.5. The molecule has 0 fully saturated rings. The molecule has 0 saturated carbocycles. The zero-order valence-electron chi connectivity index (χ0n) is 7.47. The Labute approximate surface area is 68.8 Å². The van der Waals surface area contributed by atoms with Crippen molar-refractivity contribution in [1.29, 1.82) is 0 Å². The van der Waals surface area contributed by atoms with Gasteiger partial charge >= 0.3 is 0 Å². The molecule has 1 atom stereocenters. The normalized spacial score (nSPS) is 13.4. The Morgan fingerprint density at radius 1 is 1.45 bits per heavy atom. The maximum absolute atomic E-state index is 8.47. The largest absolute Gasteiger partial charge is 0.396 e. The third-order valence-electron chi connectivity index (χ3n) is 1.45. The molecule has 0 radical (unpaired) electrons. The summed E-state index contributed by atoms with van der Waals surface area (Å²) in [5.74, 6) is 0. The molecule has 0 aliphatic rings. The van der Waals surface area contributed by atoms with Crippen LogP contribution in [0.4, 0.5) is 0 Å². The molecule has 68 valence electrons. The van der Waals surface area contributed by atoms with Crippen molar-refractivity contribution >= 4 is 0 Å². The molecule has 0 amide bonds. The number of rotatable bonds is 7. The predicted octanol–water partition coefficient (Wildman–Crippen LogP) is 0.383. The number of hydrogen-bond donors (Lipinski definition) is 2. The van der Waals surface area contributed by atoms with Crippen molar-refractivity contribution < 1.29 is 9.84 Å². The fourth-order valence-corrected chi connectivity index (χ4v) is 0.845. The summed E-state index contributed by atoms with van der Waals surface area (Å²) in [7, 11) is 1.91. The molecule has 2 N–H and O–H groups in total. The molecule has 0 bridgehead atoms. The van der Waals surface area contributed by atoms with Crippen molar-refractivity contribution in [2.24, 2.45) is 0 Å². The van der Waals surface area contributed by atoms with Gasteiger partial charge in [-0.25, -0.2) is 0 Å². The van der Waals surface area contributed by atoms with Crippen molar-refractivity contribution in [3.63, 3.8) is 0 Å². The molecule has 0 rings (SSSR count). The van der Waals surface area contributed by atoms with Crippen LogP contribution in [0.2, 0.25) is 0 Å². The van der Waals surface area contributed by atoms with E-state index in [2.05, 4.69) is 5.32 Å². The molecule has 0 heterocycles. The summed E-state index contributed by atoms with van der Waals surface area (Å²) in [6, 6.07) is 0. The monoisotopic (exact) mass is 161 g/mol. The first-order valence-electron chi connectivity index (χ1n) is 4.18. The fraction of sp³-hybridized carbons (Fsp3) is 1.00. The van der Waals surface area contributed by atoms with E-state index in [0.717, 1.165) is 26.0 Å². The highest BCUT2D eigenvalue weighted by Crippen LogP contribution is 1.93. The number of hydrogen-bond acceptors (Lipinski definition) is 3. The number of aliphatic hydroxyl groups excluding tert-OH is 1. The van der Waals surface area contributed by atoms with Crippen molar-refractivity contribution in [3.05, 3.63) is 0 Å². The summed E-state index contributed by atoms with van der Waals surface area (Å²) in [5.41, 5.74) is 0. The maximum atomic E-state index is 8.47. The number of likely N-dealkylation sites (N-methyl/N-ethyl adjacent to an activating group) is 1. The van der Waals surface area contributed by atoms with Gasteiger partial charge in [0, 0.05) is 19.8 Å². The molecule has 0 aromatic rings. The Balaban J connectivity index is 2.97. The molecular formula is C8H19NO2. The van der Waals surface area contributed by atoms with Crippen LogP contribution in [0.1, 0.15) is 19.8 Å². The van der Waals surface area contributed by atoms with Gasteiger partial charge in [0.1, 0.15) is 0 Å². The third kappa shape index (κ3) is 7.78. The quantitative estimate of drug-likeness (QED) is 0.530. The van der Waals surface area contributed by atoms with Gasteiger partial charge in [-0.1, -0.05) is 0 Å². The first kappa shape index (κ1) is 10.9. The van der Waals surface area contributed by atoms with Gasteiger partial charge < -0.3 is 15.2 Å². The number of unbranched alkanes of at least 4 members (excludes halogenated alkanes) is 1. The molecule has 3 heteroatoms. The van der Waals surface area contributed by atoms with Crippen LogP contribution >= 0.6 is 0 Å². The van der Waals surface area contributed by atoms with Gasteiger partial charge in [-0.15, -0.1) is 0 Å². The Morgan fingerprint density at radius 2 is 2.18 bits per heavy atom. The fourth-order valence-electron chi connectivity index (χ4n) is 0.845. The molecule has 0 saturated heterocycles. The summed E-state index contributed by atoms with van der Waals surface area (Å²) in [4.78, 5) is 0. The maximum Gasteiger partial charge on any atom is 0.0671 e. The molecule has 0 spiro atoms. The van der Waals surface area contributed by atoms with Crippen LogP contribution in [0.5, 0.6) is 0 Å². The van der Waals surface area contributed by atoms with Crippen LogP contribution in [0.25, 0.3) is 0 Å². The van der Waals surface area contributed by atoms with E-state index in [1.165, 1.54) is 0 Å². The molecule has 0 aromatic carbocycles. The molecule has 0 aromatic heterocycles. The Hall–Kier alpha value is -0.120. The molecule has 0 aliphatic carbocycles. The summed E-state index contributed by atoms with van der Waals surface area (Å²) >= 11 is 0. The van der Waals surface area contributed by atoms with Crippen molar-refractivity contribution in [3.8, 4) is 0 Å². The Kier molecular flexibility index (Phi) is 7.89. The van der Waals surface area contributed by atoms with E-state index in [1.807, 2.05) is 14.0 Å². The second-order valence-corrected chi connectivity index (χ2v) is 2.67. The smallest absolute Gasteiger partial charge is 0.0671 e. The van der Waals surface area contributed by atoms with Gasteiger partial charge in [0.15, 0.2) is 0 Å². The van der Waals surface area contributed by atoms with Gasteiger partial charge in [-0.3, -0.25) is 0 Å². The van der Waals surface area contributed by atoms with E-state index >= 15 is 0 Å². The van der Waals surface area contributed by atoms with E-state index in [-0.39, 0.29) is 12.7 Å². The number of ether oxygens (including phenoxy) is 1. The third-order valence-corrected chi connectivity index (χ3v) is 1.45. The summed E-state index contributed by atoms with van der Waals surface area (Å²) in [6.45, 7) is 3.95. The summed E-state index contributed by atoms with van der Waals surface area (Å²) < 4.78 is 5.41. The van der Waals surface area contributed by atoms with Crippen LogP contribution in [0.3, 0.4) is 0 Å². The zero-order chi connectivity index (χ0) is 8.53. The standard InChI is InChI=1S/C8H19NO2/c1-8(7-9-2)11-6-4-3-5-10/h8-10H,3-7H2,1-2H3. The zero-order valence-corrected chi connectivity index (χ0v) is 7.47. The lowest BCUT2D eigenvalue weighted by Crippen LogP contribution is -2.23. The van der Waals surface area contributed by atoms with Crippen molar-refractivity contribution in [1.82, 2.24) is 5.32 Å². The van der Waals surface area contributed by atoms with Crippen LogP contribution in [-0.2, 0) is 4.74 Å². The summed E-state index contributed by atoms with van der Waals surface area (Å²) in [5, 5.41) is 11.5. The highest BCUT2D eigenvalue weighted by molar-refractivity contribution is 4.51. The SMILES string of the molecule is CNCC(C)OCCCCO. The molecular weight excluding hydrogens is 142 g/mol. The van der Waals surface area contributed by atoms with Crippen LogP contribution < -0.4 is 5.32 Å². The lowest BCUT2D eigenvalue weighted by molar-refractivity contribution is 0.0622. The van der Waals surface area contributed by atoms with E-state index < -0.39 is 0 Å². The molecule has 3 nitrogen and oxygen atoms in total. The molecule has 1 unspecified atom stereocenters. The van der Waals surface area contributed by atoms with Crippen molar-refractivity contribution in [2.45, 2.75) is 25.9 Å². The minimum atomic E-state index is 0.268. The van der Waals surface area contributed by atoms with E-state index in [0.29, 0.717) is 0 Å². The van der Waals surface area contributed by atoms with Gasteiger partial charge in [0.05, 0.1) is 6.10 Å². The Morgan fingerprint density at radius 3 is 2.73 bits per heavy atom. The van der Waals surface area contributed by atoms with Gasteiger partial charge in [0.2, 0.25) is 0 Å². The number of aliphatic hydroxyl groups is 1.